The minimum Gasteiger partial charge on any atom is -0.478 e. The molecule has 0 aromatic carbocycles. The molecule has 1 fully saturated rings. The van der Waals surface area contributed by atoms with Crippen molar-refractivity contribution < 1.29 is 18.3 Å². The van der Waals surface area contributed by atoms with Gasteiger partial charge in [-0.15, -0.1) is 0 Å². The van der Waals surface area contributed by atoms with Crippen molar-refractivity contribution in [3.8, 4) is 0 Å². The minimum absolute atomic E-state index is 0.0239. The number of nitrogens with zero attached hydrogens (tertiary/aromatic N) is 2. The maximum Gasteiger partial charge on any atom is 0.337 e. The number of carboxylic acids is 1. The highest BCUT2D eigenvalue weighted by Gasteiger charge is 2.31. The van der Waals surface area contributed by atoms with Crippen molar-refractivity contribution >= 4 is 16.0 Å². The Hall–Kier alpha value is -1.47. The fourth-order valence-electron chi connectivity index (χ4n) is 1.78. The zero-order chi connectivity index (χ0) is 14.0. The topological polar surface area (TPSA) is 87.6 Å². The molecule has 6 nitrogen and oxygen atoms in total. The van der Waals surface area contributed by atoms with Crippen molar-refractivity contribution in [1.29, 1.82) is 0 Å². The van der Waals surface area contributed by atoms with E-state index in [4.69, 9.17) is 5.11 Å². The van der Waals surface area contributed by atoms with E-state index in [0.29, 0.717) is 19.0 Å². The van der Waals surface area contributed by atoms with Gasteiger partial charge in [-0.3, -0.25) is 0 Å². The molecule has 2 rings (SSSR count). The molecule has 1 aliphatic carbocycles. The number of rotatable bonds is 6. The van der Waals surface area contributed by atoms with E-state index in [-0.39, 0.29) is 10.6 Å². The Bertz CT molecular complexity index is 564. The third-order valence-electron chi connectivity index (χ3n) is 3.10. The van der Waals surface area contributed by atoms with Crippen molar-refractivity contribution in [1.82, 2.24) is 9.29 Å². The number of hydrogen-bond donors (Lipinski definition) is 1. The maximum atomic E-state index is 12.3. The van der Waals surface area contributed by atoms with Gasteiger partial charge >= 0.3 is 5.97 Å². The lowest BCUT2D eigenvalue weighted by molar-refractivity contribution is 0.0696. The first-order chi connectivity index (χ1) is 8.95. The molecule has 0 unspecified atom stereocenters. The highest BCUT2D eigenvalue weighted by Crippen LogP contribution is 2.31. The number of aromatic nitrogens is 1. The molecule has 1 aliphatic rings. The average Bonchev–Trinajstić information content (AvgIpc) is 3.19. The van der Waals surface area contributed by atoms with Crippen LogP contribution >= 0.6 is 0 Å². The van der Waals surface area contributed by atoms with Crippen LogP contribution in [0.1, 0.15) is 30.1 Å². The molecule has 1 heterocycles. The fourth-order valence-corrected chi connectivity index (χ4v) is 3.21. The Morgan fingerprint density at radius 2 is 2.16 bits per heavy atom. The third-order valence-corrected chi connectivity index (χ3v) is 4.96. The maximum absolute atomic E-state index is 12.3. The summed E-state index contributed by atoms with van der Waals surface area (Å²) in [5.74, 6) is -0.671. The van der Waals surface area contributed by atoms with Gasteiger partial charge in [-0.05, 0) is 30.9 Å². The summed E-state index contributed by atoms with van der Waals surface area (Å²) in [6, 6.07) is 2.50. The van der Waals surface area contributed by atoms with Crippen LogP contribution in [0.2, 0.25) is 0 Å². The lowest BCUT2D eigenvalue weighted by Crippen LogP contribution is -2.33. The van der Waals surface area contributed by atoms with Crippen LogP contribution in [0.15, 0.2) is 23.4 Å². The van der Waals surface area contributed by atoms with E-state index in [1.165, 1.54) is 16.4 Å². The first-order valence-corrected chi connectivity index (χ1v) is 7.58. The minimum atomic E-state index is -3.62. The number of carboxylic acid groups (broad SMARTS) is 1. The Morgan fingerprint density at radius 1 is 1.47 bits per heavy atom. The molecule has 7 heteroatoms. The smallest absolute Gasteiger partial charge is 0.337 e. The summed E-state index contributed by atoms with van der Waals surface area (Å²) in [5, 5.41) is 8.66. The quantitative estimate of drug-likeness (QED) is 0.848. The summed E-state index contributed by atoms with van der Waals surface area (Å²) >= 11 is 0. The predicted octanol–water partition coefficient (Wildman–Crippen LogP) is 1.20. The Labute approximate surface area is 112 Å². The molecule has 1 N–H and O–H groups in total. The molecule has 0 radical (unpaired) electrons. The zero-order valence-corrected chi connectivity index (χ0v) is 11.4. The summed E-state index contributed by atoms with van der Waals surface area (Å²) in [4.78, 5) is 14.5. The summed E-state index contributed by atoms with van der Waals surface area (Å²) in [6.45, 7) is 2.69. The standard InChI is InChI=1S/C12H16N2O4S/c1-2-14(8-9-3-4-9)19(17,18)11-6-5-10(7-13-11)12(15)16/h5-7,9H,2-4,8H2,1H3,(H,15,16). The van der Waals surface area contributed by atoms with Crippen molar-refractivity contribution in [3.63, 3.8) is 0 Å². The van der Waals surface area contributed by atoms with E-state index in [9.17, 15) is 13.2 Å². The van der Waals surface area contributed by atoms with Crippen molar-refractivity contribution in [2.75, 3.05) is 13.1 Å². The SMILES string of the molecule is CCN(CC1CC1)S(=O)(=O)c1ccc(C(=O)O)cn1. The van der Waals surface area contributed by atoms with Crippen LogP contribution in [0.4, 0.5) is 0 Å². The van der Waals surface area contributed by atoms with Gasteiger partial charge in [0, 0.05) is 19.3 Å². The first kappa shape index (κ1) is 14.0. The van der Waals surface area contributed by atoms with E-state index >= 15 is 0 Å². The van der Waals surface area contributed by atoms with Crippen LogP contribution in [0.3, 0.4) is 0 Å². The molecular formula is C12H16N2O4S. The lowest BCUT2D eigenvalue weighted by Gasteiger charge is -2.19. The number of hydrogen-bond acceptors (Lipinski definition) is 4. The molecule has 0 atom stereocenters. The van der Waals surface area contributed by atoms with E-state index in [0.717, 1.165) is 19.0 Å². The van der Waals surface area contributed by atoms with Crippen LogP contribution in [0, 0.1) is 5.92 Å². The van der Waals surface area contributed by atoms with Crippen LogP contribution < -0.4 is 0 Å². The van der Waals surface area contributed by atoms with E-state index < -0.39 is 16.0 Å². The van der Waals surface area contributed by atoms with Gasteiger partial charge in [0.25, 0.3) is 10.0 Å². The second-order valence-corrected chi connectivity index (χ2v) is 6.47. The lowest BCUT2D eigenvalue weighted by atomic mass is 10.3. The molecule has 0 amide bonds. The van der Waals surface area contributed by atoms with Gasteiger partial charge in [0.15, 0.2) is 5.03 Å². The molecule has 1 saturated carbocycles. The van der Waals surface area contributed by atoms with Crippen molar-refractivity contribution in [2.24, 2.45) is 5.92 Å². The van der Waals surface area contributed by atoms with Gasteiger partial charge in [-0.25, -0.2) is 18.2 Å². The summed E-state index contributed by atoms with van der Waals surface area (Å²) in [7, 11) is -3.62. The fraction of sp³-hybridized carbons (Fsp3) is 0.500. The molecule has 1 aromatic rings. The second kappa shape index (κ2) is 5.26. The van der Waals surface area contributed by atoms with Gasteiger partial charge in [0.05, 0.1) is 5.56 Å². The molecule has 0 bridgehead atoms. The van der Waals surface area contributed by atoms with E-state index in [1.807, 2.05) is 0 Å². The Kier molecular flexibility index (Phi) is 3.86. The highest BCUT2D eigenvalue weighted by atomic mass is 32.2. The van der Waals surface area contributed by atoms with Gasteiger partial charge in [0.1, 0.15) is 0 Å². The number of sulfonamides is 1. The molecule has 19 heavy (non-hydrogen) atoms. The number of pyridine rings is 1. The molecule has 0 saturated heterocycles. The monoisotopic (exact) mass is 284 g/mol. The number of aromatic carboxylic acids is 1. The third kappa shape index (κ3) is 3.10. The summed E-state index contributed by atoms with van der Waals surface area (Å²) in [5.41, 5.74) is -0.0239. The molecule has 104 valence electrons. The second-order valence-electron chi connectivity index (χ2n) is 4.59. The Morgan fingerprint density at radius 3 is 2.58 bits per heavy atom. The van der Waals surface area contributed by atoms with Crippen LogP contribution in [0.25, 0.3) is 0 Å². The molecule has 1 aromatic heterocycles. The van der Waals surface area contributed by atoms with Crippen LogP contribution in [-0.2, 0) is 10.0 Å². The van der Waals surface area contributed by atoms with Crippen LogP contribution in [0.5, 0.6) is 0 Å². The normalized spacial score (nSPS) is 15.7. The van der Waals surface area contributed by atoms with Crippen molar-refractivity contribution in [3.05, 3.63) is 23.9 Å². The number of carbonyl (C=O) groups is 1. The van der Waals surface area contributed by atoms with Gasteiger partial charge in [-0.2, -0.15) is 4.31 Å². The molecule has 0 spiro atoms. The predicted molar refractivity (Wildman–Crippen MR) is 68.4 cm³/mol. The largest absolute Gasteiger partial charge is 0.478 e. The van der Waals surface area contributed by atoms with Crippen molar-refractivity contribution in [2.45, 2.75) is 24.8 Å². The summed E-state index contributed by atoms with van der Waals surface area (Å²) < 4.78 is 26.0. The van der Waals surface area contributed by atoms with E-state index in [2.05, 4.69) is 4.98 Å². The van der Waals surface area contributed by atoms with E-state index in [1.54, 1.807) is 6.92 Å². The Balaban J connectivity index is 2.23. The van der Waals surface area contributed by atoms with Gasteiger partial charge in [-0.1, -0.05) is 6.92 Å². The van der Waals surface area contributed by atoms with Gasteiger partial charge < -0.3 is 5.11 Å². The van der Waals surface area contributed by atoms with Gasteiger partial charge in [0.2, 0.25) is 0 Å². The average molecular weight is 284 g/mol. The first-order valence-electron chi connectivity index (χ1n) is 6.14. The molecular weight excluding hydrogens is 268 g/mol. The summed E-state index contributed by atoms with van der Waals surface area (Å²) in [6.07, 6.45) is 3.20. The van der Waals surface area contributed by atoms with Crippen LogP contribution in [-0.4, -0.2) is 41.9 Å². The highest BCUT2D eigenvalue weighted by molar-refractivity contribution is 7.89. The zero-order valence-electron chi connectivity index (χ0n) is 10.6. The molecule has 0 aliphatic heterocycles.